The van der Waals surface area contributed by atoms with Crippen LogP contribution in [0.5, 0.6) is 0 Å². The molecule has 0 bridgehead atoms. The average Bonchev–Trinajstić information content (AvgIpc) is 2.30. The van der Waals surface area contributed by atoms with Crippen molar-refractivity contribution in [1.29, 1.82) is 5.26 Å². The van der Waals surface area contributed by atoms with Gasteiger partial charge in [0.05, 0.1) is 12.5 Å². The van der Waals surface area contributed by atoms with Gasteiger partial charge in [-0.15, -0.1) is 0 Å². The molecule has 0 rings (SSSR count). The van der Waals surface area contributed by atoms with Crippen molar-refractivity contribution in [3.05, 3.63) is 0 Å². The average molecular weight is 225 g/mol. The fourth-order valence-electron chi connectivity index (χ4n) is 1.99. The standard InChI is InChI=1S/C13H27N3/c1-5-15(6-2)11-8-12-16(7-3)13(4)9-10-14/h13H,5-9,11-12H2,1-4H3. The zero-order valence-corrected chi connectivity index (χ0v) is 11.4. The van der Waals surface area contributed by atoms with Crippen LogP contribution in [0.3, 0.4) is 0 Å². The van der Waals surface area contributed by atoms with Crippen molar-refractivity contribution in [2.45, 2.75) is 46.6 Å². The molecule has 3 nitrogen and oxygen atoms in total. The molecule has 0 aliphatic heterocycles. The second-order valence-corrected chi connectivity index (χ2v) is 4.22. The Hall–Kier alpha value is -0.590. The molecule has 0 saturated heterocycles. The van der Waals surface area contributed by atoms with Gasteiger partial charge < -0.3 is 4.90 Å². The first-order valence-electron chi connectivity index (χ1n) is 6.52. The highest BCUT2D eigenvalue weighted by Crippen LogP contribution is 2.04. The summed E-state index contributed by atoms with van der Waals surface area (Å²) >= 11 is 0. The molecule has 0 aromatic carbocycles. The van der Waals surface area contributed by atoms with E-state index in [-0.39, 0.29) is 0 Å². The van der Waals surface area contributed by atoms with Gasteiger partial charge in [0.25, 0.3) is 0 Å². The van der Waals surface area contributed by atoms with Crippen molar-refractivity contribution in [3.63, 3.8) is 0 Å². The van der Waals surface area contributed by atoms with E-state index in [2.05, 4.69) is 43.6 Å². The van der Waals surface area contributed by atoms with Crippen LogP contribution in [0.15, 0.2) is 0 Å². The van der Waals surface area contributed by atoms with Crippen LogP contribution in [0.2, 0.25) is 0 Å². The molecule has 3 heteroatoms. The number of nitriles is 1. The maximum atomic E-state index is 8.69. The summed E-state index contributed by atoms with van der Waals surface area (Å²) in [5, 5.41) is 8.69. The molecule has 0 aliphatic rings. The number of hydrogen-bond acceptors (Lipinski definition) is 3. The number of nitrogens with zero attached hydrogens (tertiary/aromatic N) is 3. The lowest BCUT2D eigenvalue weighted by Crippen LogP contribution is -2.35. The molecule has 1 unspecified atom stereocenters. The van der Waals surface area contributed by atoms with Gasteiger partial charge in [-0.3, -0.25) is 4.90 Å². The third kappa shape index (κ3) is 6.09. The molecule has 94 valence electrons. The van der Waals surface area contributed by atoms with Gasteiger partial charge in [0.1, 0.15) is 0 Å². The van der Waals surface area contributed by atoms with E-state index >= 15 is 0 Å². The summed E-state index contributed by atoms with van der Waals surface area (Å²) in [7, 11) is 0. The van der Waals surface area contributed by atoms with Gasteiger partial charge in [0.15, 0.2) is 0 Å². The van der Waals surface area contributed by atoms with Gasteiger partial charge in [0, 0.05) is 6.04 Å². The summed E-state index contributed by atoms with van der Waals surface area (Å²) in [6, 6.07) is 2.65. The predicted octanol–water partition coefficient (Wildman–Crippen LogP) is 2.34. The Morgan fingerprint density at radius 1 is 1.06 bits per heavy atom. The van der Waals surface area contributed by atoms with Crippen LogP contribution in [0.1, 0.15) is 40.5 Å². The molecule has 0 aliphatic carbocycles. The molecule has 0 fully saturated rings. The second-order valence-electron chi connectivity index (χ2n) is 4.22. The SMILES string of the molecule is CCN(CC)CCCN(CC)C(C)CC#N. The summed E-state index contributed by atoms with van der Waals surface area (Å²) < 4.78 is 0. The molecule has 0 amide bonds. The van der Waals surface area contributed by atoms with Crippen molar-refractivity contribution in [3.8, 4) is 6.07 Å². The normalized spacial score (nSPS) is 13.1. The van der Waals surface area contributed by atoms with Gasteiger partial charge in [-0.05, 0) is 46.1 Å². The first-order valence-corrected chi connectivity index (χ1v) is 6.52. The predicted molar refractivity (Wildman–Crippen MR) is 69.3 cm³/mol. The first-order chi connectivity index (χ1) is 7.69. The molecule has 0 saturated carbocycles. The highest BCUT2D eigenvalue weighted by molar-refractivity contribution is 4.79. The van der Waals surface area contributed by atoms with E-state index < -0.39 is 0 Å². The van der Waals surface area contributed by atoms with Crippen molar-refractivity contribution in [2.75, 3.05) is 32.7 Å². The minimum Gasteiger partial charge on any atom is -0.304 e. The number of rotatable bonds is 9. The van der Waals surface area contributed by atoms with Crippen molar-refractivity contribution in [1.82, 2.24) is 9.80 Å². The Kier molecular flexibility index (Phi) is 9.27. The molecule has 1 atom stereocenters. The highest BCUT2D eigenvalue weighted by atomic mass is 15.2. The Morgan fingerprint density at radius 3 is 2.12 bits per heavy atom. The summed E-state index contributed by atoms with van der Waals surface area (Å²) in [6.07, 6.45) is 1.84. The van der Waals surface area contributed by atoms with Crippen LogP contribution in [-0.4, -0.2) is 48.6 Å². The van der Waals surface area contributed by atoms with Gasteiger partial charge >= 0.3 is 0 Å². The molecule has 0 heterocycles. The van der Waals surface area contributed by atoms with E-state index in [0.29, 0.717) is 12.5 Å². The fourth-order valence-corrected chi connectivity index (χ4v) is 1.99. The summed E-state index contributed by atoms with van der Waals surface area (Å²) in [5.74, 6) is 0. The van der Waals surface area contributed by atoms with Crippen LogP contribution in [0.4, 0.5) is 0 Å². The fraction of sp³-hybridized carbons (Fsp3) is 0.923. The molecule has 0 spiro atoms. The van der Waals surface area contributed by atoms with E-state index in [9.17, 15) is 0 Å². The van der Waals surface area contributed by atoms with E-state index in [0.717, 1.165) is 26.2 Å². The molecular weight excluding hydrogens is 198 g/mol. The van der Waals surface area contributed by atoms with Crippen LogP contribution in [0.25, 0.3) is 0 Å². The van der Waals surface area contributed by atoms with Crippen LogP contribution >= 0.6 is 0 Å². The lowest BCUT2D eigenvalue weighted by atomic mass is 10.2. The Bertz CT molecular complexity index is 194. The third-order valence-corrected chi connectivity index (χ3v) is 3.23. The highest BCUT2D eigenvalue weighted by Gasteiger charge is 2.11. The maximum absolute atomic E-state index is 8.69. The first kappa shape index (κ1) is 15.4. The Balaban J connectivity index is 3.83. The van der Waals surface area contributed by atoms with Crippen LogP contribution in [0, 0.1) is 11.3 Å². The molecule has 16 heavy (non-hydrogen) atoms. The lowest BCUT2D eigenvalue weighted by Gasteiger charge is -2.27. The van der Waals surface area contributed by atoms with Crippen LogP contribution in [-0.2, 0) is 0 Å². The lowest BCUT2D eigenvalue weighted by molar-refractivity contribution is 0.201. The third-order valence-electron chi connectivity index (χ3n) is 3.23. The monoisotopic (exact) mass is 225 g/mol. The summed E-state index contributed by atoms with van der Waals surface area (Å²) in [6.45, 7) is 14.3. The largest absolute Gasteiger partial charge is 0.304 e. The van der Waals surface area contributed by atoms with Crippen molar-refractivity contribution >= 4 is 0 Å². The van der Waals surface area contributed by atoms with Gasteiger partial charge in [-0.2, -0.15) is 5.26 Å². The van der Waals surface area contributed by atoms with Crippen molar-refractivity contribution < 1.29 is 0 Å². The van der Waals surface area contributed by atoms with Crippen LogP contribution < -0.4 is 0 Å². The smallest absolute Gasteiger partial charge is 0.0638 e. The van der Waals surface area contributed by atoms with Gasteiger partial charge in [0.2, 0.25) is 0 Å². The molecule has 0 aromatic heterocycles. The minimum atomic E-state index is 0.395. The molecular formula is C13H27N3. The topological polar surface area (TPSA) is 30.3 Å². The number of hydrogen-bond donors (Lipinski definition) is 0. The van der Waals surface area contributed by atoms with E-state index in [1.54, 1.807) is 0 Å². The molecule has 0 radical (unpaired) electrons. The van der Waals surface area contributed by atoms with E-state index in [4.69, 9.17) is 5.26 Å². The summed E-state index contributed by atoms with van der Waals surface area (Å²) in [5.41, 5.74) is 0. The second kappa shape index (κ2) is 9.62. The Labute approximate surface area is 101 Å². The zero-order chi connectivity index (χ0) is 12.4. The maximum Gasteiger partial charge on any atom is 0.0638 e. The zero-order valence-electron chi connectivity index (χ0n) is 11.4. The minimum absolute atomic E-state index is 0.395. The molecule has 0 N–H and O–H groups in total. The van der Waals surface area contributed by atoms with Crippen molar-refractivity contribution in [2.24, 2.45) is 0 Å². The van der Waals surface area contributed by atoms with E-state index in [1.807, 2.05) is 0 Å². The Morgan fingerprint density at radius 2 is 1.69 bits per heavy atom. The van der Waals surface area contributed by atoms with E-state index in [1.165, 1.54) is 13.0 Å². The summed E-state index contributed by atoms with van der Waals surface area (Å²) in [4.78, 5) is 4.84. The van der Waals surface area contributed by atoms with Gasteiger partial charge in [-0.25, -0.2) is 0 Å². The molecule has 0 aromatic rings. The van der Waals surface area contributed by atoms with Gasteiger partial charge in [-0.1, -0.05) is 20.8 Å². The quantitative estimate of drug-likeness (QED) is 0.603.